The molecule has 2 amide bonds. The van der Waals surface area contributed by atoms with Gasteiger partial charge < -0.3 is 14.5 Å². The Morgan fingerprint density at radius 2 is 1.86 bits per heavy atom. The van der Waals surface area contributed by atoms with Gasteiger partial charge in [0.05, 0.1) is 11.6 Å². The van der Waals surface area contributed by atoms with Crippen molar-refractivity contribution < 1.29 is 14.3 Å². The van der Waals surface area contributed by atoms with Gasteiger partial charge in [-0.15, -0.1) is 0 Å². The number of carbonyl (C=O) groups is 2. The van der Waals surface area contributed by atoms with E-state index in [-0.39, 0.29) is 11.8 Å². The van der Waals surface area contributed by atoms with Gasteiger partial charge in [0.2, 0.25) is 5.91 Å². The molecule has 2 aliphatic rings. The number of rotatable bonds is 5. The highest BCUT2D eigenvalue weighted by molar-refractivity contribution is 6.42. The van der Waals surface area contributed by atoms with Crippen molar-refractivity contribution in [2.75, 3.05) is 39.3 Å². The molecule has 2 saturated heterocycles. The molecular weight excluding hydrogens is 413 g/mol. The van der Waals surface area contributed by atoms with Crippen molar-refractivity contribution in [2.45, 2.75) is 45.3 Å². The fourth-order valence-corrected chi connectivity index (χ4v) is 4.29. The van der Waals surface area contributed by atoms with Crippen LogP contribution in [0.15, 0.2) is 18.2 Å². The molecule has 1 aromatic rings. The van der Waals surface area contributed by atoms with Crippen LogP contribution >= 0.6 is 23.2 Å². The summed E-state index contributed by atoms with van der Waals surface area (Å²) in [7, 11) is 0. The zero-order valence-corrected chi connectivity index (χ0v) is 18.6. The highest BCUT2D eigenvalue weighted by Gasteiger charge is 2.29. The Hall–Kier alpha value is -1.50. The Bertz CT molecular complexity index is 738. The molecule has 0 saturated carbocycles. The standard InChI is InChI=1S/C21H29Cl2N3O3/c1-15-6-3-4-9-26(15)19(27)14-24-10-12-25(13-11-24)21(28)16(2)29-18-8-5-7-17(22)20(18)23/h5,7-8,15-16H,3-4,6,9-14H2,1-2H3. The minimum atomic E-state index is -0.659. The molecular formula is C21H29Cl2N3O3. The lowest BCUT2D eigenvalue weighted by Crippen LogP contribution is -2.54. The van der Waals surface area contributed by atoms with E-state index >= 15 is 0 Å². The number of benzene rings is 1. The third-order valence-corrected chi connectivity index (χ3v) is 6.54. The second-order valence-corrected chi connectivity index (χ2v) is 8.63. The topological polar surface area (TPSA) is 53.1 Å². The van der Waals surface area contributed by atoms with Crippen molar-refractivity contribution in [3.05, 3.63) is 28.2 Å². The fraction of sp³-hybridized carbons (Fsp3) is 0.619. The molecule has 160 valence electrons. The molecule has 0 spiro atoms. The van der Waals surface area contributed by atoms with Gasteiger partial charge in [0.15, 0.2) is 6.10 Å². The lowest BCUT2D eigenvalue weighted by Gasteiger charge is -2.38. The second-order valence-electron chi connectivity index (χ2n) is 7.85. The minimum absolute atomic E-state index is 0.0864. The molecule has 2 aliphatic heterocycles. The van der Waals surface area contributed by atoms with Gasteiger partial charge in [-0.25, -0.2) is 0 Å². The smallest absolute Gasteiger partial charge is 0.263 e. The van der Waals surface area contributed by atoms with E-state index in [4.69, 9.17) is 27.9 Å². The number of ether oxygens (including phenoxy) is 1. The molecule has 3 rings (SSSR count). The summed E-state index contributed by atoms with van der Waals surface area (Å²) in [6.45, 7) is 7.66. The number of carbonyl (C=O) groups excluding carboxylic acids is 2. The van der Waals surface area contributed by atoms with Crippen molar-refractivity contribution in [3.8, 4) is 5.75 Å². The Balaban J connectivity index is 1.47. The van der Waals surface area contributed by atoms with Crippen molar-refractivity contribution >= 4 is 35.0 Å². The van der Waals surface area contributed by atoms with Gasteiger partial charge >= 0.3 is 0 Å². The molecule has 0 bridgehead atoms. The number of hydrogen-bond donors (Lipinski definition) is 0. The third-order valence-electron chi connectivity index (χ3n) is 5.73. The van der Waals surface area contributed by atoms with Crippen LogP contribution in [0.3, 0.4) is 0 Å². The maximum absolute atomic E-state index is 12.7. The van der Waals surface area contributed by atoms with E-state index in [9.17, 15) is 9.59 Å². The molecule has 2 fully saturated rings. The van der Waals surface area contributed by atoms with Crippen molar-refractivity contribution in [3.63, 3.8) is 0 Å². The maximum Gasteiger partial charge on any atom is 0.263 e. The molecule has 2 heterocycles. The zero-order valence-electron chi connectivity index (χ0n) is 17.1. The lowest BCUT2D eigenvalue weighted by molar-refractivity contribution is -0.140. The Morgan fingerprint density at radius 1 is 1.14 bits per heavy atom. The van der Waals surface area contributed by atoms with E-state index in [1.54, 1.807) is 30.0 Å². The van der Waals surface area contributed by atoms with Gasteiger partial charge in [-0.2, -0.15) is 0 Å². The molecule has 0 aliphatic carbocycles. The van der Waals surface area contributed by atoms with Gasteiger partial charge in [0, 0.05) is 38.8 Å². The first-order chi connectivity index (χ1) is 13.9. The van der Waals surface area contributed by atoms with E-state index in [1.807, 2.05) is 4.90 Å². The fourth-order valence-electron chi connectivity index (χ4n) is 3.95. The van der Waals surface area contributed by atoms with E-state index in [0.717, 1.165) is 19.4 Å². The third kappa shape index (κ3) is 5.56. The number of hydrogen-bond acceptors (Lipinski definition) is 4. The van der Waals surface area contributed by atoms with Crippen molar-refractivity contribution in [2.24, 2.45) is 0 Å². The SMILES string of the molecule is CC(Oc1cccc(Cl)c1Cl)C(=O)N1CCN(CC(=O)N2CCCCC2C)CC1. The molecule has 29 heavy (non-hydrogen) atoms. The Kier molecular flexibility index (Phi) is 7.66. The van der Waals surface area contributed by atoms with Crippen LogP contribution in [0.4, 0.5) is 0 Å². The number of piperazine rings is 1. The summed E-state index contributed by atoms with van der Waals surface area (Å²) >= 11 is 12.1. The number of nitrogens with zero attached hydrogens (tertiary/aromatic N) is 3. The molecule has 0 N–H and O–H groups in total. The lowest BCUT2D eigenvalue weighted by atomic mass is 10.0. The molecule has 0 radical (unpaired) electrons. The van der Waals surface area contributed by atoms with Crippen LogP contribution in [0.1, 0.15) is 33.1 Å². The van der Waals surface area contributed by atoms with Crippen LogP contribution in [0.25, 0.3) is 0 Å². The van der Waals surface area contributed by atoms with Crippen LogP contribution in [-0.2, 0) is 9.59 Å². The predicted octanol–water partition coefficient (Wildman–Crippen LogP) is 3.31. The summed E-state index contributed by atoms with van der Waals surface area (Å²) in [5.41, 5.74) is 0. The number of likely N-dealkylation sites (tertiary alicyclic amines) is 1. The molecule has 2 atom stereocenters. The van der Waals surface area contributed by atoms with E-state index in [2.05, 4.69) is 11.8 Å². The van der Waals surface area contributed by atoms with Crippen LogP contribution in [0, 0.1) is 0 Å². The summed E-state index contributed by atoms with van der Waals surface area (Å²) in [4.78, 5) is 31.3. The van der Waals surface area contributed by atoms with Gasteiger partial charge in [0.25, 0.3) is 5.91 Å². The molecule has 6 nitrogen and oxygen atoms in total. The Morgan fingerprint density at radius 3 is 2.55 bits per heavy atom. The van der Waals surface area contributed by atoms with Crippen LogP contribution < -0.4 is 4.74 Å². The monoisotopic (exact) mass is 441 g/mol. The summed E-state index contributed by atoms with van der Waals surface area (Å²) in [5, 5.41) is 0.703. The van der Waals surface area contributed by atoms with Gasteiger partial charge in [-0.05, 0) is 45.2 Å². The summed E-state index contributed by atoms with van der Waals surface area (Å²) < 4.78 is 5.74. The molecule has 2 unspecified atom stereocenters. The first-order valence-electron chi connectivity index (χ1n) is 10.3. The predicted molar refractivity (Wildman–Crippen MR) is 115 cm³/mol. The quantitative estimate of drug-likeness (QED) is 0.702. The summed E-state index contributed by atoms with van der Waals surface area (Å²) in [5.74, 6) is 0.515. The number of piperidine rings is 1. The van der Waals surface area contributed by atoms with Gasteiger partial charge in [0.1, 0.15) is 10.8 Å². The summed E-state index contributed by atoms with van der Waals surface area (Å²) in [6.07, 6.45) is 2.72. The van der Waals surface area contributed by atoms with Gasteiger partial charge in [-0.1, -0.05) is 29.3 Å². The summed E-state index contributed by atoms with van der Waals surface area (Å²) in [6, 6.07) is 5.44. The second kappa shape index (κ2) is 10.0. The average Bonchev–Trinajstić information content (AvgIpc) is 2.71. The normalized spacial score (nSPS) is 21.7. The van der Waals surface area contributed by atoms with Crippen LogP contribution in [-0.4, -0.2) is 77.9 Å². The van der Waals surface area contributed by atoms with E-state index < -0.39 is 6.10 Å². The zero-order chi connectivity index (χ0) is 21.0. The minimum Gasteiger partial charge on any atom is -0.479 e. The first kappa shape index (κ1) is 22.2. The van der Waals surface area contributed by atoms with E-state index in [1.165, 1.54) is 6.42 Å². The molecule has 0 aromatic heterocycles. The number of halogens is 2. The highest BCUT2D eigenvalue weighted by atomic mass is 35.5. The van der Waals surface area contributed by atoms with Crippen LogP contribution in [0.5, 0.6) is 5.75 Å². The maximum atomic E-state index is 12.7. The van der Waals surface area contributed by atoms with E-state index in [0.29, 0.717) is 54.6 Å². The number of amides is 2. The molecule has 1 aromatic carbocycles. The van der Waals surface area contributed by atoms with Crippen molar-refractivity contribution in [1.29, 1.82) is 0 Å². The average molecular weight is 442 g/mol. The van der Waals surface area contributed by atoms with Crippen molar-refractivity contribution in [1.82, 2.24) is 14.7 Å². The van der Waals surface area contributed by atoms with Gasteiger partial charge in [-0.3, -0.25) is 14.5 Å². The highest BCUT2D eigenvalue weighted by Crippen LogP contribution is 2.32. The van der Waals surface area contributed by atoms with Crippen LogP contribution in [0.2, 0.25) is 10.0 Å². The largest absolute Gasteiger partial charge is 0.479 e. The first-order valence-corrected chi connectivity index (χ1v) is 11.0. The Labute approximate surface area is 182 Å². The molecule has 8 heteroatoms.